The van der Waals surface area contributed by atoms with E-state index in [1.54, 1.807) is 0 Å². The molecule has 0 spiro atoms. The van der Waals surface area contributed by atoms with Gasteiger partial charge in [0, 0.05) is 40.3 Å². The van der Waals surface area contributed by atoms with Gasteiger partial charge in [-0.1, -0.05) is 109 Å². The highest BCUT2D eigenvalue weighted by atomic mass is 32.1. The maximum absolute atomic E-state index is 2.43. The molecule has 0 saturated heterocycles. The van der Waals surface area contributed by atoms with E-state index in [0.717, 1.165) is 0 Å². The van der Waals surface area contributed by atoms with Crippen LogP contribution in [0.3, 0.4) is 0 Å². The van der Waals surface area contributed by atoms with Crippen molar-refractivity contribution in [3.05, 3.63) is 133 Å². The number of benzene rings is 7. The Bertz CT molecular complexity index is 2370. The minimum absolute atomic E-state index is 1.26. The van der Waals surface area contributed by atoms with Crippen LogP contribution in [-0.2, 0) is 0 Å². The van der Waals surface area contributed by atoms with E-state index in [-0.39, 0.29) is 0 Å². The van der Waals surface area contributed by atoms with Crippen molar-refractivity contribution in [2.45, 2.75) is 0 Å². The highest BCUT2D eigenvalue weighted by Crippen LogP contribution is 2.47. The summed E-state index contributed by atoms with van der Waals surface area (Å²) in [5.41, 5.74) is 5.16. The largest absolute Gasteiger partial charge is 0.135 e. The molecular weight excluding hydrogens is 521 g/mol. The van der Waals surface area contributed by atoms with Gasteiger partial charge in [-0.15, -0.1) is 22.7 Å². The van der Waals surface area contributed by atoms with Crippen molar-refractivity contribution < 1.29 is 0 Å². The van der Waals surface area contributed by atoms with Crippen molar-refractivity contribution in [3.8, 4) is 22.3 Å². The number of rotatable bonds is 2. The van der Waals surface area contributed by atoms with Crippen LogP contribution in [0.15, 0.2) is 133 Å². The van der Waals surface area contributed by atoms with E-state index in [0.29, 0.717) is 0 Å². The zero-order valence-electron chi connectivity index (χ0n) is 21.5. The molecule has 2 heterocycles. The van der Waals surface area contributed by atoms with E-state index in [1.165, 1.54) is 84.1 Å². The molecule has 0 amide bonds. The molecule has 0 atom stereocenters. The molecule has 0 aliphatic heterocycles. The SMILES string of the molecule is c1ccc(-c2c3ccccc3c(-c3ccc4c(c3)sc3ccc5sc6ccccc6c5c34)c3ccccc23)cc1. The van der Waals surface area contributed by atoms with E-state index >= 15 is 0 Å². The predicted molar refractivity (Wildman–Crippen MR) is 178 cm³/mol. The Balaban J connectivity index is 1.37. The molecule has 40 heavy (non-hydrogen) atoms. The maximum Gasteiger partial charge on any atom is 0.0362 e. The second-order valence-electron chi connectivity index (χ2n) is 10.4. The summed E-state index contributed by atoms with van der Waals surface area (Å²) in [4.78, 5) is 0. The lowest BCUT2D eigenvalue weighted by Gasteiger charge is -2.17. The molecule has 0 N–H and O–H groups in total. The molecule has 0 aliphatic rings. The Morgan fingerprint density at radius 2 is 0.775 bits per heavy atom. The van der Waals surface area contributed by atoms with Gasteiger partial charge in [0.05, 0.1) is 0 Å². The minimum Gasteiger partial charge on any atom is -0.135 e. The van der Waals surface area contributed by atoms with Crippen LogP contribution in [0.2, 0.25) is 0 Å². The number of fused-ring (bicyclic) bond motifs is 9. The van der Waals surface area contributed by atoms with Gasteiger partial charge in [-0.3, -0.25) is 0 Å². The van der Waals surface area contributed by atoms with Gasteiger partial charge < -0.3 is 0 Å². The monoisotopic (exact) mass is 542 g/mol. The van der Waals surface area contributed by atoms with Crippen molar-refractivity contribution in [3.63, 3.8) is 0 Å². The molecule has 7 aromatic carbocycles. The van der Waals surface area contributed by atoms with Gasteiger partial charge in [-0.25, -0.2) is 0 Å². The van der Waals surface area contributed by atoms with Crippen LogP contribution in [0.25, 0.3) is 84.1 Å². The number of hydrogen-bond donors (Lipinski definition) is 0. The maximum atomic E-state index is 2.43. The molecule has 186 valence electrons. The van der Waals surface area contributed by atoms with Gasteiger partial charge in [0.15, 0.2) is 0 Å². The Labute approximate surface area is 239 Å². The summed E-state index contributed by atoms with van der Waals surface area (Å²) >= 11 is 3.81. The highest BCUT2D eigenvalue weighted by molar-refractivity contribution is 7.28. The second kappa shape index (κ2) is 8.50. The summed E-state index contributed by atoms with van der Waals surface area (Å²) in [6.07, 6.45) is 0. The van der Waals surface area contributed by atoms with Gasteiger partial charge >= 0.3 is 0 Å². The summed E-state index contributed by atoms with van der Waals surface area (Å²) in [7, 11) is 0. The van der Waals surface area contributed by atoms with Crippen molar-refractivity contribution in [1.82, 2.24) is 0 Å². The third-order valence-electron chi connectivity index (χ3n) is 8.26. The summed E-state index contributed by atoms with van der Waals surface area (Å²) in [5, 5.41) is 10.7. The molecule has 9 rings (SSSR count). The molecule has 2 heteroatoms. The lowest BCUT2D eigenvalue weighted by Crippen LogP contribution is -1.90. The molecular formula is C38H22S2. The third kappa shape index (κ3) is 3.12. The van der Waals surface area contributed by atoms with Crippen LogP contribution >= 0.6 is 22.7 Å². The van der Waals surface area contributed by atoms with Gasteiger partial charge in [0.25, 0.3) is 0 Å². The van der Waals surface area contributed by atoms with Crippen LogP contribution in [0.1, 0.15) is 0 Å². The molecule has 0 nitrogen and oxygen atoms in total. The average molecular weight is 543 g/mol. The van der Waals surface area contributed by atoms with Crippen molar-refractivity contribution in [2.75, 3.05) is 0 Å². The van der Waals surface area contributed by atoms with Crippen LogP contribution in [0.4, 0.5) is 0 Å². The van der Waals surface area contributed by atoms with Crippen LogP contribution < -0.4 is 0 Å². The van der Waals surface area contributed by atoms with Gasteiger partial charge in [-0.2, -0.15) is 0 Å². The predicted octanol–water partition coefficient (Wildman–Crippen LogP) is 12.1. The molecule has 0 saturated carbocycles. The molecule has 0 aliphatic carbocycles. The fourth-order valence-electron chi connectivity index (χ4n) is 6.59. The molecule has 0 fully saturated rings. The quantitative estimate of drug-likeness (QED) is 0.191. The van der Waals surface area contributed by atoms with E-state index in [9.17, 15) is 0 Å². The fourth-order valence-corrected chi connectivity index (χ4v) is 8.86. The topological polar surface area (TPSA) is 0 Å². The molecule has 2 aromatic heterocycles. The molecule has 0 radical (unpaired) electrons. The average Bonchev–Trinajstić information content (AvgIpc) is 3.57. The molecule has 0 unspecified atom stereocenters. The van der Waals surface area contributed by atoms with Gasteiger partial charge in [0.2, 0.25) is 0 Å². The highest BCUT2D eigenvalue weighted by Gasteiger charge is 2.18. The molecule has 0 bridgehead atoms. The Kier molecular flexibility index (Phi) is 4.74. The first-order valence-electron chi connectivity index (χ1n) is 13.6. The second-order valence-corrected chi connectivity index (χ2v) is 12.6. The zero-order chi connectivity index (χ0) is 26.2. The first-order chi connectivity index (χ1) is 19.8. The van der Waals surface area contributed by atoms with Crippen molar-refractivity contribution in [2.24, 2.45) is 0 Å². The summed E-state index contributed by atoms with van der Waals surface area (Å²) in [6, 6.07) is 49.2. The van der Waals surface area contributed by atoms with Crippen LogP contribution in [0, 0.1) is 0 Å². The fraction of sp³-hybridized carbons (Fsp3) is 0. The van der Waals surface area contributed by atoms with Crippen molar-refractivity contribution >= 4 is 84.6 Å². The summed E-state index contributed by atoms with van der Waals surface area (Å²) < 4.78 is 5.43. The van der Waals surface area contributed by atoms with Gasteiger partial charge in [-0.05, 0) is 68.1 Å². The first kappa shape index (κ1) is 22.3. The van der Waals surface area contributed by atoms with E-state index in [4.69, 9.17) is 0 Å². The van der Waals surface area contributed by atoms with E-state index in [1.807, 2.05) is 22.7 Å². The summed E-state index contributed by atoms with van der Waals surface area (Å²) in [6.45, 7) is 0. The standard InChI is InChI=1S/C38H22S2/c1-2-10-23(11-3-1)35-25-12-4-6-14-27(25)36(28-15-7-5-13-26(28)35)24-18-19-30-34(22-24)40-33-21-20-32-37(38(30)33)29-16-8-9-17-31(29)39-32/h1-22H. The number of thiophene rings is 2. The smallest absolute Gasteiger partial charge is 0.0362 e. The molecule has 9 aromatic rings. The lowest BCUT2D eigenvalue weighted by molar-refractivity contribution is 1.66. The third-order valence-corrected chi connectivity index (χ3v) is 10.5. The van der Waals surface area contributed by atoms with E-state index in [2.05, 4.69) is 133 Å². The lowest BCUT2D eigenvalue weighted by atomic mass is 9.86. The Hall–Kier alpha value is -4.50. The normalized spacial score (nSPS) is 12.0. The summed E-state index contributed by atoms with van der Waals surface area (Å²) in [5.74, 6) is 0. The van der Waals surface area contributed by atoms with Crippen LogP contribution in [-0.4, -0.2) is 0 Å². The number of hydrogen-bond acceptors (Lipinski definition) is 2. The first-order valence-corrected chi connectivity index (χ1v) is 15.2. The van der Waals surface area contributed by atoms with Crippen molar-refractivity contribution in [1.29, 1.82) is 0 Å². The Morgan fingerprint density at radius 1 is 0.300 bits per heavy atom. The van der Waals surface area contributed by atoms with Crippen LogP contribution in [0.5, 0.6) is 0 Å². The zero-order valence-corrected chi connectivity index (χ0v) is 23.2. The Morgan fingerprint density at radius 3 is 1.40 bits per heavy atom. The van der Waals surface area contributed by atoms with E-state index < -0.39 is 0 Å². The minimum atomic E-state index is 1.26. The van der Waals surface area contributed by atoms with Gasteiger partial charge in [0.1, 0.15) is 0 Å².